The number of nitrogens with zero attached hydrogens (tertiary/aromatic N) is 4. The fraction of sp³-hybridized carbons (Fsp3) is 0.375. The molecule has 2 heterocycles. The molecule has 3 aromatic carbocycles. The van der Waals surface area contributed by atoms with Crippen LogP contribution in [-0.2, 0) is 26.0 Å². The molecule has 2 saturated heterocycles. The second kappa shape index (κ2) is 17.0. The van der Waals surface area contributed by atoms with Crippen molar-refractivity contribution in [2.45, 2.75) is 0 Å². The zero-order valence-electron chi connectivity index (χ0n) is 24.0. The molecule has 43 heavy (non-hydrogen) atoms. The number of hydrogen-bond acceptors (Lipinski definition) is 10. The first-order valence-electron chi connectivity index (χ1n) is 14.3. The Morgan fingerprint density at radius 1 is 0.651 bits per heavy atom. The summed E-state index contributed by atoms with van der Waals surface area (Å²) in [5.41, 5.74) is 2.05. The Morgan fingerprint density at radius 3 is 1.47 bits per heavy atom. The van der Waals surface area contributed by atoms with E-state index in [-0.39, 0.29) is 28.0 Å². The summed E-state index contributed by atoms with van der Waals surface area (Å²) >= 11 is 0. The fourth-order valence-electron chi connectivity index (χ4n) is 4.62. The Morgan fingerprint density at radius 2 is 1.07 bits per heavy atom. The van der Waals surface area contributed by atoms with Crippen LogP contribution in [0.5, 0.6) is 23.0 Å². The molecule has 0 bridgehead atoms. The molecule has 0 spiro atoms. The van der Waals surface area contributed by atoms with E-state index in [1.54, 1.807) is 36.4 Å². The minimum absolute atomic E-state index is 0. The molecular formula is C32H36N4NiO6. The smallest absolute Gasteiger partial charge is 0.872 e. The van der Waals surface area contributed by atoms with Crippen molar-refractivity contribution in [3.8, 4) is 23.0 Å². The Balaban J connectivity index is 0.00000423. The third-order valence-electron chi connectivity index (χ3n) is 7.10. The minimum atomic E-state index is -0.174. The first-order valence-corrected chi connectivity index (χ1v) is 14.3. The molecule has 11 heteroatoms. The van der Waals surface area contributed by atoms with Crippen molar-refractivity contribution in [2.24, 2.45) is 9.98 Å². The largest absolute Gasteiger partial charge is 2.00 e. The van der Waals surface area contributed by atoms with E-state index in [4.69, 9.17) is 18.9 Å². The predicted octanol–water partition coefficient (Wildman–Crippen LogP) is 2.75. The van der Waals surface area contributed by atoms with Gasteiger partial charge in [-0.1, -0.05) is 35.8 Å². The van der Waals surface area contributed by atoms with Gasteiger partial charge in [0, 0.05) is 51.7 Å². The van der Waals surface area contributed by atoms with Crippen LogP contribution in [-0.4, -0.2) is 101 Å². The predicted molar refractivity (Wildman–Crippen MR) is 158 cm³/mol. The van der Waals surface area contributed by atoms with E-state index in [0.29, 0.717) is 47.2 Å². The van der Waals surface area contributed by atoms with Gasteiger partial charge in [-0.25, -0.2) is 0 Å². The maximum absolute atomic E-state index is 12.7. The van der Waals surface area contributed by atoms with E-state index in [1.165, 1.54) is 24.6 Å². The van der Waals surface area contributed by atoms with Crippen molar-refractivity contribution in [1.29, 1.82) is 0 Å². The number of para-hydroxylation sites is 2. The third kappa shape index (κ3) is 10.1. The first-order chi connectivity index (χ1) is 20.6. The van der Waals surface area contributed by atoms with Gasteiger partial charge in [-0.05, 0) is 47.5 Å². The number of benzene rings is 3. The van der Waals surface area contributed by atoms with Crippen molar-refractivity contribution in [2.75, 3.05) is 78.9 Å². The molecule has 2 aliphatic heterocycles. The Labute approximate surface area is 262 Å². The molecule has 10 nitrogen and oxygen atoms in total. The summed E-state index contributed by atoms with van der Waals surface area (Å²) in [5, 5.41) is 25.3. The van der Waals surface area contributed by atoms with Gasteiger partial charge in [0.15, 0.2) is 0 Å². The van der Waals surface area contributed by atoms with Gasteiger partial charge in [-0.15, -0.1) is 0 Å². The number of ether oxygens (including phenoxy) is 4. The van der Waals surface area contributed by atoms with Crippen molar-refractivity contribution in [3.05, 3.63) is 71.8 Å². The van der Waals surface area contributed by atoms with Gasteiger partial charge >= 0.3 is 16.5 Å². The molecule has 0 aliphatic carbocycles. The Bertz CT molecular complexity index is 1260. The zero-order chi connectivity index (χ0) is 29.0. The van der Waals surface area contributed by atoms with E-state index < -0.39 is 0 Å². The second-order valence-corrected chi connectivity index (χ2v) is 10.0. The molecule has 0 aromatic heterocycles. The Hall–Kier alpha value is -3.47. The van der Waals surface area contributed by atoms with Gasteiger partial charge in [-0.3, -0.25) is 19.8 Å². The molecule has 0 saturated carbocycles. The standard InChI is InChI=1S/C32H38N4O6.Ni/c37-31-21-27(41-19-13-35-9-15-39-16-10-35)7-5-25(31)23-33-29-3-1-2-4-30(29)34-24-26-6-8-28(22-32(26)38)42-20-14-36-11-17-40-18-12-36;/h1-8,21-24,37-38H,9-20H2;/q;+2/p-2. The molecule has 5 rings (SSSR count). The van der Waals surface area contributed by atoms with E-state index in [9.17, 15) is 10.2 Å². The van der Waals surface area contributed by atoms with Gasteiger partial charge in [0.2, 0.25) is 0 Å². The van der Waals surface area contributed by atoms with Crippen molar-refractivity contribution in [3.63, 3.8) is 0 Å². The summed E-state index contributed by atoms with van der Waals surface area (Å²) < 4.78 is 22.3. The van der Waals surface area contributed by atoms with Crippen LogP contribution in [0.25, 0.3) is 0 Å². The van der Waals surface area contributed by atoms with Gasteiger partial charge in [-0.2, -0.15) is 0 Å². The van der Waals surface area contributed by atoms with Gasteiger partial charge in [0.1, 0.15) is 24.7 Å². The molecular weight excluding hydrogens is 595 g/mol. The van der Waals surface area contributed by atoms with Crippen molar-refractivity contribution < 1.29 is 45.7 Å². The fourth-order valence-corrected chi connectivity index (χ4v) is 4.62. The zero-order valence-corrected chi connectivity index (χ0v) is 25.0. The van der Waals surface area contributed by atoms with E-state index in [2.05, 4.69) is 19.8 Å². The molecule has 2 aliphatic rings. The summed E-state index contributed by atoms with van der Waals surface area (Å²) in [6, 6.07) is 17.2. The van der Waals surface area contributed by atoms with Crippen molar-refractivity contribution in [1.82, 2.24) is 9.80 Å². The molecule has 3 aromatic rings. The van der Waals surface area contributed by atoms with Gasteiger partial charge in [0.05, 0.1) is 37.8 Å². The topological polar surface area (TPSA) is 114 Å². The van der Waals surface area contributed by atoms with Crippen LogP contribution < -0.4 is 19.7 Å². The van der Waals surface area contributed by atoms with Crippen LogP contribution in [0.15, 0.2) is 70.6 Å². The summed E-state index contributed by atoms with van der Waals surface area (Å²) in [6.45, 7) is 9.15. The summed E-state index contributed by atoms with van der Waals surface area (Å²) in [5.74, 6) is 0.730. The molecule has 2 fully saturated rings. The monoisotopic (exact) mass is 630 g/mol. The van der Waals surface area contributed by atoms with Crippen molar-refractivity contribution >= 4 is 23.8 Å². The second-order valence-electron chi connectivity index (χ2n) is 10.0. The van der Waals surface area contributed by atoms with E-state index in [1.807, 2.05) is 12.1 Å². The van der Waals surface area contributed by atoms with Crippen LogP contribution >= 0.6 is 0 Å². The normalized spacial score (nSPS) is 16.4. The molecule has 0 unspecified atom stereocenters. The Kier molecular flexibility index (Phi) is 12.8. The maximum atomic E-state index is 12.7. The van der Waals surface area contributed by atoms with Crippen LogP contribution in [0.3, 0.4) is 0 Å². The summed E-state index contributed by atoms with van der Waals surface area (Å²) in [4.78, 5) is 13.6. The SMILES string of the molecule is [Ni+2].[O-]c1cc(OCCN2CCOCC2)ccc1C=Nc1ccccc1N=Cc1ccc(OCCN2CCOCC2)cc1[O-]. The summed E-state index contributed by atoms with van der Waals surface area (Å²) in [6.07, 6.45) is 3.05. The van der Waals surface area contributed by atoms with E-state index >= 15 is 0 Å². The maximum Gasteiger partial charge on any atom is 2.00 e. The van der Waals surface area contributed by atoms with Crippen LogP contribution in [0, 0.1) is 0 Å². The summed E-state index contributed by atoms with van der Waals surface area (Å²) in [7, 11) is 0. The average Bonchev–Trinajstić information content (AvgIpc) is 3.02. The van der Waals surface area contributed by atoms with Gasteiger partial charge < -0.3 is 29.2 Å². The molecule has 0 atom stereocenters. The molecule has 230 valence electrons. The van der Waals surface area contributed by atoms with E-state index in [0.717, 1.165) is 65.7 Å². The van der Waals surface area contributed by atoms with Crippen LogP contribution in [0.4, 0.5) is 11.4 Å². The first kappa shape index (κ1) is 32.4. The quantitative estimate of drug-likeness (QED) is 0.222. The molecule has 0 N–H and O–H groups in total. The number of rotatable bonds is 12. The number of aliphatic imine (C=N–C) groups is 2. The number of morpholine rings is 2. The van der Waals surface area contributed by atoms with Crippen LogP contribution in [0.1, 0.15) is 11.1 Å². The molecule has 0 radical (unpaired) electrons. The average molecular weight is 631 g/mol. The minimum Gasteiger partial charge on any atom is -0.872 e. The molecule has 0 amide bonds. The number of hydrogen-bond donors (Lipinski definition) is 0. The van der Waals surface area contributed by atoms with Crippen LogP contribution in [0.2, 0.25) is 0 Å². The third-order valence-corrected chi connectivity index (χ3v) is 7.10. The van der Waals surface area contributed by atoms with Gasteiger partial charge in [0.25, 0.3) is 0 Å².